The van der Waals surface area contributed by atoms with Crippen LogP contribution in [0.2, 0.25) is 0 Å². The Hall–Kier alpha value is -2.41. The predicted molar refractivity (Wildman–Crippen MR) is 100 cm³/mol. The molecule has 2 heterocycles. The van der Waals surface area contributed by atoms with Crippen LogP contribution in [0.5, 0.6) is 0 Å². The molecule has 1 atom stereocenters. The summed E-state index contributed by atoms with van der Waals surface area (Å²) in [5, 5.41) is 10.4. The summed E-state index contributed by atoms with van der Waals surface area (Å²) in [7, 11) is 1.99. The number of hydrogen-bond donors (Lipinski definition) is 1. The summed E-state index contributed by atoms with van der Waals surface area (Å²) in [6.07, 6.45) is 2.95. The zero-order chi connectivity index (χ0) is 19.1. The largest absolute Gasteiger partial charge is 0.467 e. The Kier molecular flexibility index (Phi) is 6.81. The number of aliphatic hydroxyl groups is 1. The molecular formula is C21H25FN2O3. The van der Waals surface area contributed by atoms with Crippen molar-refractivity contribution < 1.29 is 18.7 Å². The Balaban J connectivity index is 1.57. The summed E-state index contributed by atoms with van der Waals surface area (Å²) in [5.41, 5.74) is 2.13. The highest BCUT2D eigenvalue weighted by Gasteiger charge is 2.15. The summed E-state index contributed by atoms with van der Waals surface area (Å²) in [5.74, 6) is 0.480. The van der Waals surface area contributed by atoms with Crippen LogP contribution < -0.4 is 0 Å². The molecule has 144 valence electrons. The van der Waals surface area contributed by atoms with Crippen LogP contribution in [-0.4, -0.2) is 33.8 Å². The van der Waals surface area contributed by atoms with Gasteiger partial charge in [0, 0.05) is 38.6 Å². The standard InChI is InChI=1S/C21H25FN2O3/c1-23-10-2-4-19(23)13-24(12-17-6-8-18(22)9-7-17)14-20(25)15-26-16-21-5-3-11-27-21/h2-11,20,25H,12-16H2,1H3. The SMILES string of the molecule is Cn1cccc1CN(Cc1ccc(F)cc1)CC(O)COCc1ccco1. The highest BCUT2D eigenvalue weighted by atomic mass is 19.1. The molecule has 5 nitrogen and oxygen atoms in total. The van der Waals surface area contributed by atoms with Gasteiger partial charge in [-0.1, -0.05) is 12.1 Å². The molecule has 0 amide bonds. The first kappa shape index (κ1) is 19.4. The number of hydrogen-bond acceptors (Lipinski definition) is 4. The van der Waals surface area contributed by atoms with Crippen LogP contribution in [0.25, 0.3) is 0 Å². The molecule has 27 heavy (non-hydrogen) atoms. The van der Waals surface area contributed by atoms with E-state index in [0.29, 0.717) is 26.2 Å². The summed E-state index contributed by atoms with van der Waals surface area (Å²) in [4.78, 5) is 2.13. The normalized spacial score (nSPS) is 12.6. The minimum absolute atomic E-state index is 0.216. The van der Waals surface area contributed by atoms with Crippen LogP contribution in [0.4, 0.5) is 4.39 Å². The van der Waals surface area contributed by atoms with Crippen LogP contribution >= 0.6 is 0 Å². The predicted octanol–water partition coefficient (Wildman–Crippen LogP) is 3.34. The number of halogens is 1. The second kappa shape index (κ2) is 9.50. The minimum Gasteiger partial charge on any atom is -0.467 e. The lowest BCUT2D eigenvalue weighted by Crippen LogP contribution is -2.34. The van der Waals surface area contributed by atoms with Gasteiger partial charge in [-0.3, -0.25) is 4.90 Å². The maximum absolute atomic E-state index is 13.2. The number of ether oxygens (including phenoxy) is 1. The molecule has 1 N–H and O–H groups in total. The number of aromatic nitrogens is 1. The van der Waals surface area contributed by atoms with Gasteiger partial charge >= 0.3 is 0 Å². The maximum atomic E-state index is 13.2. The smallest absolute Gasteiger partial charge is 0.129 e. The van der Waals surface area contributed by atoms with E-state index in [-0.39, 0.29) is 12.4 Å². The molecule has 1 aromatic carbocycles. The molecule has 0 aliphatic rings. The van der Waals surface area contributed by atoms with Crippen molar-refractivity contribution >= 4 is 0 Å². The van der Waals surface area contributed by atoms with Gasteiger partial charge in [0.05, 0.1) is 19.0 Å². The quantitative estimate of drug-likeness (QED) is 0.593. The number of benzene rings is 1. The lowest BCUT2D eigenvalue weighted by Gasteiger charge is -2.25. The van der Waals surface area contributed by atoms with E-state index in [9.17, 15) is 9.50 Å². The first-order valence-electron chi connectivity index (χ1n) is 8.95. The van der Waals surface area contributed by atoms with Crippen LogP contribution in [0.1, 0.15) is 17.0 Å². The van der Waals surface area contributed by atoms with Gasteiger partial charge in [0.15, 0.2) is 0 Å². The molecule has 1 unspecified atom stereocenters. The molecule has 2 aromatic heterocycles. The molecule has 3 rings (SSSR count). The summed E-state index contributed by atoms with van der Waals surface area (Å²) in [6.45, 7) is 2.28. The maximum Gasteiger partial charge on any atom is 0.129 e. The van der Waals surface area contributed by atoms with E-state index < -0.39 is 6.10 Å². The molecule has 0 aliphatic heterocycles. The van der Waals surface area contributed by atoms with Crippen LogP contribution in [0, 0.1) is 5.82 Å². The fourth-order valence-electron chi connectivity index (χ4n) is 2.96. The summed E-state index contributed by atoms with van der Waals surface area (Å²) < 4.78 is 26.0. The van der Waals surface area contributed by atoms with E-state index in [4.69, 9.17) is 9.15 Å². The van der Waals surface area contributed by atoms with E-state index in [2.05, 4.69) is 15.5 Å². The lowest BCUT2D eigenvalue weighted by atomic mass is 10.2. The number of rotatable bonds is 10. The average Bonchev–Trinajstić information content (AvgIpc) is 3.29. The van der Waals surface area contributed by atoms with Crippen molar-refractivity contribution in [3.8, 4) is 0 Å². The zero-order valence-electron chi connectivity index (χ0n) is 15.4. The molecule has 0 aliphatic carbocycles. The molecular weight excluding hydrogens is 347 g/mol. The Morgan fingerprint density at radius 3 is 2.63 bits per heavy atom. The van der Waals surface area contributed by atoms with Gasteiger partial charge in [-0.25, -0.2) is 4.39 Å². The summed E-state index contributed by atoms with van der Waals surface area (Å²) in [6, 6.07) is 14.1. The van der Waals surface area contributed by atoms with Crippen molar-refractivity contribution in [2.75, 3.05) is 13.2 Å². The average molecular weight is 372 g/mol. The van der Waals surface area contributed by atoms with Gasteiger partial charge in [0.1, 0.15) is 18.2 Å². The third-order valence-corrected chi connectivity index (χ3v) is 4.36. The van der Waals surface area contributed by atoms with E-state index in [1.54, 1.807) is 24.5 Å². The third kappa shape index (κ3) is 6.06. The van der Waals surface area contributed by atoms with Crippen molar-refractivity contribution in [2.45, 2.75) is 25.8 Å². The summed E-state index contributed by atoms with van der Waals surface area (Å²) >= 11 is 0. The molecule has 0 fully saturated rings. The second-order valence-electron chi connectivity index (χ2n) is 6.65. The molecule has 0 bridgehead atoms. The topological polar surface area (TPSA) is 50.8 Å². The van der Waals surface area contributed by atoms with E-state index in [1.807, 2.05) is 25.4 Å². The number of furan rings is 1. The third-order valence-electron chi connectivity index (χ3n) is 4.36. The van der Waals surface area contributed by atoms with Crippen LogP contribution in [-0.2, 0) is 31.5 Å². The number of nitrogens with zero attached hydrogens (tertiary/aromatic N) is 2. The molecule has 0 spiro atoms. The van der Waals surface area contributed by atoms with Crippen LogP contribution in [0.15, 0.2) is 65.4 Å². The van der Waals surface area contributed by atoms with E-state index in [0.717, 1.165) is 17.0 Å². The molecule has 3 aromatic rings. The Labute approximate surface area is 158 Å². The first-order chi connectivity index (χ1) is 13.1. The highest BCUT2D eigenvalue weighted by molar-refractivity contribution is 5.16. The monoisotopic (exact) mass is 372 g/mol. The van der Waals surface area contributed by atoms with Gasteiger partial charge in [-0.05, 0) is 42.0 Å². The lowest BCUT2D eigenvalue weighted by molar-refractivity contribution is 0.00224. The highest BCUT2D eigenvalue weighted by Crippen LogP contribution is 2.12. The Bertz CT molecular complexity index is 799. The molecule has 0 radical (unpaired) electrons. The van der Waals surface area contributed by atoms with Gasteiger partial charge in [0.25, 0.3) is 0 Å². The zero-order valence-corrected chi connectivity index (χ0v) is 15.4. The van der Waals surface area contributed by atoms with Crippen molar-refractivity contribution in [3.63, 3.8) is 0 Å². The molecule has 0 saturated carbocycles. The van der Waals surface area contributed by atoms with Gasteiger partial charge in [-0.2, -0.15) is 0 Å². The minimum atomic E-state index is -0.638. The van der Waals surface area contributed by atoms with Crippen molar-refractivity contribution in [1.82, 2.24) is 9.47 Å². The van der Waals surface area contributed by atoms with Gasteiger partial charge in [-0.15, -0.1) is 0 Å². The van der Waals surface area contributed by atoms with Crippen molar-refractivity contribution in [1.29, 1.82) is 0 Å². The molecule has 6 heteroatoms. The van der Waals surface area contributed by atoms with Crippen LogP contribution in [0.3, 0.4) is 0 Å². The van der Waals surface area contributed by atoms with E-state index in [1.165, 1.54) is 12.1 Å². The molecule has 0 saturated heterocycles. The van der Waals surface area contributed by atoms with Crippen molar-refractivity contribution in [3.05, 3.63) is 83.8 Å². The first-order valence-corrected chi connectivity index (χ1v) is 8.95. The number of aryl methyl sites for hydroxylation is 1. The Morgan fingerprint density at radius 1 is 1.15 bits per heavy atom. The fourth-order valence-corrected chi connectivity index (χ4v) is 2.96. The van der Waals surface area contributed by atoms with Gasteiger partial charge < -0.3 is 18.8 Å². The van der Waals surface area contributed by atoms with Crippen molar-refractivity contribution in [2.24, 2.45) is 7.05 Å². The van der Waals surface area contributed by atoms with Gasteiger partial charge in [0.2, 0.25) is 0 Å². The van der Waals surface area contributed by atoms with E-state index >= 15 is 0 Å². The number of aliphatic hydroxyl groups excluding tert-OH is 1. The second-order valence-corrected chi connectivity index (χ2v) is 6.65. The Morgan fingerprint density at radius 2 is 1.96 bits per heavy atom. The fraction of sp³-hybridized carbons (Fsp3) is 0.333.